The average Bonchev–Trinajstić information content (AvgIpc) is 3.58. The normalized spacial score (nSPS) is 20.1. The number of fused-ring (bicyclic) bond motifs is 2. The molecule has 1 saturated heterocycles. The van der Waals surface area contributed by atoms with Crippen LogP contribution in [0, 0.1) is 5.82 Å². The highest BCUT2D eigenvalue weighted by molar-refractivity contribution is 6.62. The standard InChI is InChI=1S/C30H35BFN5O3/c1-7-21-17-25(28(38)36-15-9-14-35-13-8-10-26(35)19(36)2)33-27-18-24(34-37(21)27)22-12-11-20(16-23(22)32)31-39-29(3,4)30(5,6)40-31/h8,10-13,16-19H,7,9,14-15H2,1-6H3. The molecule has 1 amide bonds. The topological polar surface area (TPSA) is 73.9 Å². The summed E-state index contributed by atoms with van der Waals surface area (Å²) in [4.78, 5) is 20.3. The monoisotopic (exact) mass is 543 g/mol. The van der Waals surface area contributed by atoms with Crippen LogP contribution in [0.3, 0.4) is 0 Å². The van der Waals surface area contributed by atoms with E-state index in [4.69, 9.17) is 14.3 Å². The number of carbonyl (C=O) groups is 1. The molecule has 4 aromatic rings. The summed E-state index contributed by atoms with van der Waals surface area (Å²) in [5.74, 6) is -0.536. The van der Waals surface area contributed by atoms with Crippen LogP contribution in [0.25, 0.3) is 16.9 Å². The lowest BCUT2D eigenvalue weighted by Crippen LogP contribution is -2.41. The van der Waals surface area contributed by atoms with E-state index in [-0.39, 0.29) is 11.9 Å². The Balaban J connectivity index is 1.32. The molecule has 2 aliphatic heterocycles. The van der Waals surface area contributed by atoms with E-state index in [1.54, 1.807) is 22.7 Å². The van der Waals surface area contributed by atoms with Gasteiger partial charge in [0.2, 0.25) is 0 Å². The van der Waals surface area contributed by atoms with Crippen molar-refractivity contribution in [2.45, 2.75) is 78.2 Å². The predicted octanol–water partition coefficient (Wildman–Crippen LogP) is 4.81. The average molecular weight is 543 g/mol. The second-order valence-corrected chi connectivity index (χ2v) is 11.8. The molecular formula is C30H35BFN5O3. The summed E-state index contributed by atoms with van der Waals surface area (Å²) in [6.07, 6.45) is 3.58. The van der Waals surface area contributed by atoms with Crippen LogP contribution in [0.1, 0.15) is 75.9 Å². The molecule has 5 heterocycles. The quantitative estimate of drug-likeness (QED) is 0.346. The van der Waals surface area contributed by atoms with Crippen molar-refractivity contribution in [2.24, 2.45) is 0 Å². The van der Waals surface area contributed by atoms with Gasteiger partial charge in [-0.15, -0.1) is 0 Å². The first-order valence-electron chi connectivity index (χ1n) is 14.0. The first-order chi connectivity index (χ1) is 19.0. The van der Waals surface area contributed by atoms with Gasteiger partial charge in [0.25, 0.3) is 5.91 Å². The van der Waals surface area contributed by atoms with E-state index in [0.29, 0.717) is 41.0 Å². The van der Waals surface area contributed by atoms with Gasteiger partial charge in [-0.05, 0) is 77.2 Å². The molecule has 0 aliphatic carbocycles. The summed E-state index contributed by atoms with van der Waals surface area (Å²) in [6, 6.07) is 12.5. The maximum atomic E-state index is 15.5. The molecule has 3 aromatic heterocycles. The van der Waals surface area contributed by atoms with Crippen LogP contribution in [0.4, 0.5) is 4.39 Å². The molecule has 0 radical (unpaired) electrons. The molecule has 1 unspecified atom stereocenters. The molecule has 0 spiro atoms. The molecule has 8 nitrogen and oxygen atoms in total. The van der Waals surface area contributed by atoms with Crippen molar-refractivity contribution in [3.05, 3.63) is 71.6 Å². The van der Waals surface area contributed by atoms with Crippen LogP contribution in [0.5, 0.6) is 0 Å². The largest absolute Gasteiger partial charge is 0.494 e. The molecule has 2 aliphatic rings. The Hall–Kier alpha value is -3.50. The minimum absolute atomic E-state index is 0.0647. The number of hydrogen-bond donors (Lipinski definition) is 0. The second-order valence-electron chi connectivity index (χ2n) is 11.8. The summed E-state index contributed by atoms with van der Waals surface area (Å²) in [7, 11) is -0.652. The fourth-order valence-corrected chi connectivity index (χ4v) is 5.59. The van der Waals surface area contributed by atoms with Crippen molar-refractivity contribution in [2.75, 3.05) is 6.54 Å². The number of halogens is 1. The Morgan fingerprint density at radius 2 is 1.85 bits per heavy atom. The van der Waals surface area contributed by atoms with Crippen LogP contribution >= 0.6 is 0 Å². The number of hydrogen-bond acceptors (Lipinski definition) is 5. The lowest BCUT2D eigenvalue weighted by Gasteiger charge is -2.32. The van der Waals surface area contributed by atoms with Gasteiger partial charge in [-0.1, -0.05) is 19.1 Å². The smallest absolute Gasteiger partial charge is 0.399 e. The van der Waals surface area contributed by atoms with Gasteiger partial charge in [0.15, 0.2) is 5.65 Å². The Labute approximate surface area is 234 Å². The van der Waals surface area contributed by atoms with Gasteiger partial charge in [0.05, 0.1) is 22.9 Å². The van der Waals surface area contributed by atoms with E-state index in [1.807, 2.05) is 51.7 Å². The fraction of sp³-hybridized carbons (Fsp3) is 0.433. The molecule has 1 aromatic carbocycles. The summed E-state index contributed by atoms with van der Waals surface area (Å²) in [6.45, 7) is 13.5. The summed E-state index contributed by atoms with van der Waals surface area (Å²) in [5, 5.41) is 4.68. The van der Waals surface area contributed by atoms with Crippen LogP contribution in [0.15, 0.2) is 48.7 Å². The number of amides is 1. The summed E-state index contributed by atoms with van der Waals surface area (Å²) < 4.78 is 31.6. The third-order valence-electron chi connectivity index (χ3n) is 8.70. The minimum atomic E-state index is -0.652. The lowest BCUT2D eigenvalue weighted by molar-refractivity contribution is 0.00578. The number of rotatable bonds is 4. The molecule has 0 saturated carbocycles. The van der Waals surface area contributed by atoms with Crippen molar-refractivity contribution < 1.29 is 18.5 Å². The molecule has 0 N–H and O–H groups in total. The van der Waals surface area contributed by atoms with Crippen molar-refractivity contribution in [1.82, 2.24) is 24.1 Å². The van der Waals surface area contributed by atoms with Gasteiger partial charge in [-0.3, -0.25) is 4.79 Å². The van der Waals surface area contributed by atoms with Gasteiger partial charge in [0.1, 0.15) is 11.5 Å². The molecule has 40 heavy (non-hydrogen) atoms. The van der Waals surface area contributed by atoms with E-state index >= 15 is 4.39 Å². The van der Waals surface area contributed by atoms with Gasteiger partial charge < -0.3 is 18.8 Å². The number of aromatic nitrogens is 4. The van der Waals surface area contributed by atoms with Gasteiger partial charge in [-0.25, -0.2) is 13.9 Å². The van der Waals surface area contributed by atoms with E-state index in [9.17, 15) is 4.79 Å². The molecule has 0 bridgehead atoms. The first-order valence-corrected chi connectivity index (χ1v) is 14.0. The summed E-state index contributed by atoms with van der Waals surface area (Å²) in [5.41, 5.74) is 3.23. The van der Waals surface area contributed by atoms with Gasteiger partial charge >= 0.3 is 7.12 Å². The highest BCUT2D eigenvalue weighted by Crippen LogP contribution is 2.37. The molecule has 1 atom stereocenters. The van der Waals surface area contributed by atoms with E-state index in [0.717, 1.165) is 24.4 Å². The number of benzene rings is 1. The fourth-order valence-electron chi connectivity index (χ4n) is 5.59. The van der Waals surface area contributed by atoms with Crippen LogP contribution in [0.2, 0.25) is 0 Å². The van der Waals surface area contributed by atoms with E-state index in [2.05, 4.69) is 28.9 Å². The van der Waals surface area contributed by atoms with Crippen molar-refractivity contribution in [3.8, 4) is 11.3 Å². The first kappa shape index (κ1) is 26.7. The number of carbonyl (C=O) groups excluding carboxylic acids is 1. The Morgan fingerprint density at radius 3 is 2.55 bits per heavy atom. The second kappa shape index (κ2) is 9.56. The zero-order valence-corrected chi connectivity index (χ0v) is 23.9. The zero-order valence-electron chi connectivity index (χ0n) is 23.9. The third-order valence-corrected chi connectivity index (χ3v) is 8.70. The van der Waals surface area contributed by atoms with Crippen molar-refractivity contribution >= 4 is 24.1 Å². The van der Waals surface area contributed by atoms with Crippen molar-refractivity contribution in [1.29, 1.82) is 0 Å². The SMILES string of the molecule is CCc1cc(C(=O)N2CCCn3cccc3C2C)nc2cc(-c3ccc(B4OC(C)(C)C(C)(C)O4)cc3F)nn12. The highest BCUT2D eigenvalue weighted by Gasteiger charge is 2.51. The molecular weight excluding hydrogens is 508 g/mol. The van der Waals surface area contributed by atoms with Crippen LogP contribution in [-0.4, -0.2) is 54.8 Å². The Kier molecular flexibility index (Phi) is 6.38. The molecule has 6 rings (SSSR count). The van der Waals surface area contributed by atoms with E-state index in [1.165, 1.54) is 6.07 Å². The molecule has 208 valence electrons. The minimum Gasteiger partial charge on any atom is -0.399 e. The third kappa shape index (κ3) is 4.34. The maximum absolute atomic E-state index is 15.5. The Morgan fingerprint density at radius 1 is 1.10 bits per heavy atom. The number of aryl methyl sites for hydroxylation is 2. The summed E-state index contributed by atoms with van der Waals surface area (Å²) >= 11 is 0. The molecule has 1 fully saturated rings. The van der Waals surface area contributed by atoms with Crippen LogP contribution in [-0.2, 0) is 22.3 Å². The predicted molar refractivity (Wildman–Crippen MR) is 152 cm³/mol. The molecule has 10 heteroatoms. The lowest BCUT2D eigenvalue weighted by atomic mass is 9.78. The van der Waals surface area contributed by atoms with Crippen LogP contribution < -0.4 is 5.46 Å². The Bertz CT molecular complexity index is 1590. The number of nitrogens with zero attached hydrogens (tertiary/aromatic N) is 5. The highest BCUT2D eigenvalue weighted by atomic mass is 19.1. The van der Waals surface area contributed by atoms with Gasteiger partial charge in [0, 0.05) is 42.3 Å². The maximum Gasteiger partial charge on any atom is 0.494 e. The van der Waals surface area contributed by atoms with Gasteiger partial charge in [-0.2, -0.15) is 5.10 Å². The van der Waals surface area contributed by atoms with E-state index < -0.39 is 24.1 Å². The van der Waals surface area contributed by atoms with Crippen molar-refractivity contribution in [3.63, 3.8) is 0 Å². The zero-order chi connectivity index (χ0) is 28.4.